The Morgan fingerprint density at radius 3 is 1.64 bits per heavy atom. The van der Waals surface area contributed by atoms with Gasteiger partial charge in [0.1, 0.15) is 0 Å². The molecule has 0 atom stereocenters. The van der Waals surface area contributed by atoms with Gasteiger partial charge in [-0.3, -0.25) is 0 Å². The van der Waals surface area contributed by atoms with Crippen LogP contribution in [0.4, 0.5) is 0 Å². The third-order valence-electron chi connectivity index (χ3n) is 1.51. The minimum atomic E-state index is 0.335. The summed E-state index contributed by atoms with van der Waals surface area (Å²) in [5.74, 6) is 5.47. The molecule has 0 radical (unpaired) electrons. The molecule has 4 heteroatoms. The standard InChI is InChI=1S/C7H18N4/c1-5(2)11(6(3)4)7(8)10-9/h5-6H,9H2,1-4H3,(H2,8,10). The normalized spacial score (nSPS) is 12.7. The van der Waals surface area contributed by atoms with Crippen molar-refractivity contribution in [3.05, 3.63) is 0 Å². The van der Waals surface area contributed by atoms with Crippen molar-refractivity contribution in [1.29, 1.82) is 0 Å². The molecular weight excluding hydrogens is 140 g/mol. The van der Waals surface area contributed by atoms with Crippen LogP contribution in [0.3, 0.4) is 0 Å². The Bertz CT molecular complexity index is 131. The summed E-state index contributed by atoms with van der Waals surface area (Å²) in [6, 6.07) is 0.671. The third-order valence-corrected chi connectivity index (χ3v) is 1.51. The quantitative estimate of drug-likeness (QED) is 0.263. The summed E-state index contributed by atoms with van der Waals surface area (Å²) in [7, 11) is 0. The monoisotopic (exact) mass is 158 g/mol. The van der Waals surface area contributed by atoms with Gasteiger partial charge in [0.15, 0.2) is 0 Å². The highest BCUT2D eigenvalue weighted by atomic mass is 15.3. The zero-order valence-corrected chi connectivity index (χ0v) is 7.70. The molecule has 0 amide bonds. The minimum absolute atomic E-state index is 0.335. The average Bonchev–Trinajstić information content (AvgIpc) is 1.85. The zero-order chi connectivity index (χ0) is 9.02. The molecule has 0 aromatic heterocycles. The lowest BCUT2D eigenvalue weighted by Crippen LogP contribution is -2.46. The van der Waals surface area contributed by atoms with Gasteiger partial charge in [-0.2, -0.15) is 0 Å². The first-order valence-electron chi connectivity index (χ1n) is 3.82. The van der Waals surface area contributed by atoms with Crippen LogP contribution >= 0.6 is 0 Å². The predicted octanol–water partition coefficient (Wildman–Crippen LogP) is 0.294. The van der Waals surface area contributed by atoms with Crippen molar-refractivity contribution in [3.63, 3.8) is 0 Å². The SMILES string of the molecule is CC(C)N(/C(N)=N\N)C(C)C. The van der Waals surface area contributed by atoms with Gasteiger partial charge in [-0.05, 0) is 27.7 Å². The van der Waals surface area contributed by atoms with Gasteiger partial charge < -0.3 is 16.5 Å². The number of nitrogens with zero attached hydrogens (tertiary/aromatic N) is 2. The fourth-order valence-corrected chi connectivity index (χ4v) is 1.19. The van der Waals surface area contributed by atoms with Crippen LogP contribution in [-0.4, -0.2) is 22.9 Å². The van der Waals surface area contributed by atoms with Gasteiger partial charge in [0.2, 0.25) is 5.96 Å². The van der Waals surface area contributed by atoms with Crippen molar-refractivity contribution in [3.8, 4) is 0 Å². The average molecular weight is 158 g/mol. The van der Waals surface area contributed by atoms with Crippen LogP contribution < -0.4 is 11.6 Å². The molecule has 11 heavy (non-hydrogen) atoms. The van der Waals surface area contributed by atoms with E-state index in [-0.39, 0.29) is 0 Å². The van der Waals surface area contributed by atoms with Gasteiger partial charge in [0.25, 0.3) is 0 Å². The molecule has 0 saturated carbocycles. The van der Waals surface area contributed by atoms with Gasteiger partial charge in [-0.15, -0.1) is 5.10 Å². The fourth-order valence-electron chi connectivity index (χ4n) is 1.19. The molecule has 0 heterocycles. The lowest BCUT2D eigenvalue weighted by molar-refractivity contribution is 0.288. The van der Waals surface area contributed by atoms with E-state index in [0.29, 0.717) is 18.0 Å². The molecule has 0 aliphatic rings. The molecule has 0 aromatic carbocycles. The molecule has 0 rings (SSSR count). The zero-order valence-electron chi connectivity index (χ0n) is 7.70. The summed E-state index contributed by atoms with van der Waals surface area (Å²) >= 11 is 0. The second kappa shape index (κ2) is 4.05. The molecule has 0 unspecified atom stereocenters. The maximum absolute atomic E-state index is 5.57. The summed E-state index contributed by atoms with van der Waals surface area (Å²) in [5, 5.41) is 3.45. The fraction of sp³-hybridized carbons (Fsp3) is 0.857. The number of hydrogen-bond donors (Lipinski definition) is 2. The Morgan fingerprint density at radius 2 is 1.55 bits per heavy atom. The third kappa shape index (κ3) is 2.65. The first kappa shape index (κ1) is 10.1. The van der Waals surface area contributed by atoms with E-state index in [0.717, 1.165) is 0 Å². The van der Waals surface area contributed by atoms with Gasteiger partial charge in [-0.1, -0.05) is 0 Å². The summed E-state index contributed by atoms with van der Waals surface area (Å²) in [4.78, 5) is 1.96. The largest absolute Gasteiger partial charge is 0.368 e. The smallest absolute Gasteiger partial charge is 0.213 e. The van der Waals surface area contributed by atoms with Crippen molar-refractivity contribution >= 4 is 5.96 Å². The van der Waals surface area contributed by atoms with Crippen LogP contribution in [0.1, 0.15) is 27.7 Å². The van der Waals surface area contributed by atoms with Crippen LogP contribution in [0.2, 0.25) is 0 Å². The van der Waals surface area contributed by atoms with Gasteiger partial charge in [-0.25, -0.2) is 0 Å². The Balaban J connectivity index is 4.35. The molecule has 4 N–H and O–H groups in total. The lowest BCUT2D eigenvalue weighted by Gasteiger charge is -2.30. The number of hydrogen-bond acceptors (Lipinski definition) is 2. The van der Waals surface area contributed by atoms with Crippen LogP contribution in [0.5, 0.6) is 0 Å². The van der Waals surface area contributed by atoms with E-state index in [1.54, 1.807) is 0 Å². The lowest BCUT2D eigenvalue weighted by atomic mass is 10.2. The Kier molecular flexibility index (Phi) is 3.71. The summed E-state index contributed by atoms with van der Waals surface area (Å²) in [6.45, 7) is 8.21. The first-order valence-corrected chi connectivity index (χ1v) is 3.82. The number of nitrogens with two attached hydrogens (primary N) is 2. The maximum Gasteiger partial charge on any atom is 0.213 e. The van der Waals surface area contributed by atoms with E-state index >= 15 is 0 Å². The summed E-state index contributed by atoms with van der Waals surface area (Å²) in [6.07, 6.45) is 0. The van der Waals surface area contributed by atoms with E-state index < -0.39 is 0 Å². The summed E-state index contributed by atoms with van der Waals surface area (Å²) < 4.78 is 0. The molecule has 4 nitrogen and oxygen atoms in total. The Morgan fingerprint density at radius 1 is 1.18 bits per heavy atom. The van der Waals surface area contributed by atoms with Crippen LogP contribution in [0, 0.1) is 0 Å². The van der Waals surface area contributed by atoms with Crippen LogP contribution in [-0.2, 0) is 0 Å². The highest BCUT2D eigenvalue weighted by molar-refractivity contribution is 5.78. The van der Waals surface area contributed by atoms with Crippen molar-refractivity contribution in [1.82, 2.24) is 4.90 Å². The molecular formula is C7H18N4. The Hall–Kier alpha value is -0.930. The topological polar surface area (TPSA) is 67.6 Å². The number of rotatable bonds is 2. The van der Waals surface area contributed by atoms with Gasteiger partial charge in [0, 0.05) is 12.1 Å². The van der Waals surface area contributed by atoms with Crippen molar-refractivity contribution < 1.29 is 0 Å². The number of hydrazone groups is 1. The van der Waals surface area contributed by atoms with Crippen LogP contribution in [0.25, 0.3) is 0 Å². The minimum Gasteiger partial charge on any atom is -0.368 e. The highest BCUT2D eigenvalue weighted by Crippen LogP contribution is 2.02. The molecule has 0 aliphatic carbocycles. The highest BCUT2D eigenvalue weighted by Gasteiger charge is 2.14. The first-order chi connectivity index (χ1) is 5.00. The molecule has 0 bridgehead atoms. The van der Waals surface area contributed by atoms with E-state index in [1.807, 2.05) is 4.90 Å². The Labute approximate surface area is 68.2 Å². The second-order valence-corrected chi connectivity index (χ2v) is 3.08. The van der Waals surface area contributed by atoms with Gasteiger partial charge >= 0.3 is 0 Å². The maximum atomic E-state index is 5.57. The number of guanidine groups is 1. The molecule has 66 valence electrons. The van der Waals surface area contributed by atoms with Crippen molar-refractivity contribution in [2.75, 3.05) is 0 Å². The van der Waals surface area contributed by atoms with E-state index in [4.69, 9.17) is 11.6 Å². The van der Waals surface area contributed by atoms with E-state index in [1.165, 1.54) is 0 Å². The molecule has 0 fully saturated rings. The van der Waals surface area contributed by atoms with E-state index in [2.05, 4.69) is 32.8 Å². The second-order valence-electron chi connectivity index (χ2n) is 3.08. The molecule has 0 aromatic rings. The van der Waals surface area contributed by atoms with Gasteiger partial charge in [0.05, 0.1) is 0 Å². The molecule has 0 saturated heterocycles. The molecule has 0 aliphatic heterocycles. The summed E-state index contributed by atoms with van der Waals surface area (Å²) in [5.41, 5.74) is 5.57. The predicted molar refractivity (Wildman–Crippen MR) is 47.9 cm³/mol. The van der Waals surface area contributed by atoms with Crippen molar-refractivity contribution in [2.24, 2.45) is 16.7 Å². The van der Waals surface area contributed by atoms with E-state index in [9.17, 15) is 0 Å². The van der Waals surface area contributed by atoms with Crippen molar-refractivity contribution in [2.45, 2.75) is 39.8 Å². The molecule has 0 spiro atoms. The van der Waals surface area contributed by atoms with Crippen LogP contribution in [0.15, 0.2) is 5.10 Å².